The molecule has 0 spiro atoms. The number of hydrogen-bond acceptors (Lipinski definition) is 2. The van der Waals surface area contributed by atoms with Gasteiger partial charge in [0, 0.05) is 34.0 Å². The first-order valence-electron chi connectivity index (χ1n) is 11.1. The van der Waals surface area contributed by atoms with E-state index in [9.17, 15) is 5.11 Å². The van der Waals surface area contributed by atoms with Crippen molar-refractivity contribution in [2.75, 3.05) is 11.9 Å². The number of benzene rings is 3. The highest BCUT2D eigenvalue weighted by Gasteiger charge is 2.14. The molecule has 3 aromatic carbocycles. The number of aliphatic hydroxyl groups excluding tert-OH is 1. The molecule has 1 aromatic heterocycles. The molecular weight excluding hydrogens is 368 g/mol. The Balaban J connectivity index is 0.000000757. The van der Waals surface area contributed by atoms with Crippen molar-refractivity contribution in [1.29, 1.82) is 0 Å². The summed E-state index contributed by atoms with van der Waals surface area (Å²) in [4.78, 5) is 0. The third-order valence-corrected chi connectivity index (χ3v) is 4.88. The molecule has 1 unspecified atom stereocenters. The van der Waals surface area contributed by atoms with E-state index in [0.717, 1.165) is 5.69 Å². The van der Waals surface area contributed by atoms with Gasteiger partial charge in [0.15, 0.2) is 0 Å². The fourth-order valence-corrected chi connectivity index (χ4v) is 3.60. The normalized spacial score (nSPS) is 11.3. The molecule has 160 valence electrons. The summed E-state index contributed by atoms with van der Waals surface area (Å²) in [6.45, 7) is 13.3. The Labute approximate surface area is 181 Å². The number of aromatic nitrogens is 1. The molecule has 0 saturated carbocycles. The summed E-state index contributed by atoms with van der Waals surface area (Å²) in [6, 6.07) is 23.1. The van der Waals surface area contributed by atoms with Gasteiger partial charge < -0.3 is 15.0 Å². The molecule has 0 aliphatic rings. The Bertz CT molecular complexity index is 992. The predicted octanol–water partition coefficient (Wildman–Crippen LogP) is 6.94. The van der Waals surface area contributed by atoms with Crippen LogP contribution in [0.3, 0.4) is 0 Å². The van der Waals surface area contributed by atoms with Crippen LogP contribution in [0, 0.1) is 13.8 Å². The van der Waals surface area contributed by atoms with E-state index in [1.807, 2.05) is 58.0 Å². The number of nitrogens with one attached hydrogen (secondary N) is 1. The molecule has 4 aromatic rings. The van der Waals surface area contributed by atoms with E-state index in [-0.39, 0.29) is 0 Å². The maximum atomic E-state index is 10.6. The lowest BCUT2D eigenvalue weighted by Gasteiger charge is -2.15. The predicted molar refractivity (Wildman–Crippen MR) is 133 cm³/mol. The topological polar surface area (TPSA) is 37.2 Å². The van der Waals surface area contributed by atoms with Crippen LogP contribution in [0.15, 0.2) is 66.7 Å². The minimum Gasteiger partial charge on any atom is -0.389 e. The number of fused-ring (bicyclic) bond motifs is 3. The number of aryl methyl sites for hydroxylation is 2. The minimum absolute atomic E-state index is 0.475. The zero-order chi connectivity index (χ0) is 22.1. The van der Waals surface area contributed by atoms with E-state index in [4.69, 9.17) is 0 Å². The first-order chi connectivity index (χ1) is 14.6. The first kappa shape index (κ1) is 23.5. The smallest absolute Gasteiger partial charge is 0.0891 e. The molecule has 1 heterocycles. The van der Waals surface area contributed by atoms with Gasteiger partial charge >= 0.3 is 0 Å². The second-order valence-corrected chi connectivity index (χ2v) is 7.05. The number of hydrogen-bond donors (Lipinski definition) is 2. The van der Waals surface area contributed by atoms with Crippen molar-refractivity contribution in [3.05, 3.63) is 77.9 Å². The highest BCUT2D eigenvalue weighted by atomic mass is 16.3. The molecule has 4 rings (SSSR count). The average Bonchev–Trinajstić information content (AvgIpc) is 3.08. The molecule has 0 saturated heterocycles. The third-order valence-electron chi connectivity index (χ3n) is 4.88. The molecule has 0 fully saturated rings. The Kier molecular flexibility index (Phi) is 8.94. The van der Waals surface area contributed by atoms with Gasteiger partial charge in [-0.3, -0.25) is 0 Å². The van der Waals surface area contributed by atoms with Gasteiger partial charge in [-0.1, -0.05) is 69.2 Å². The molecule has 3 heteroatoms. The summed E-state index contributed by atoms with van der Waals surface area (Å²) in [7, 11) is 0. The van der Waals surface area contributed by atoms with Crippen LogP contribution in [-0.4, -0.2) is 22.3 Å². The van der Waals surface area contributed by atoms with E-state index >= 15 is 0 Å². The Morgan fingerprint density at radius 2 is 1.27 bits per heavy atom. The van der Waals surface area contributed by atoms with Crippen molar-refractivity contribution in [1.82, 2.24) is 4.57 Å². The summed E-state index contributed by atoms with van der Waals surface area (Å²) in [5, 5.41) is 16.4. The van der Waals surface area contributed by atoms with Crippen LogP contribution in [0.1, 0.15) is 38.8 Å². The fourth-order valence-electron chi connectivity index (χ4n) is 3.60. The van der Waals surface area contributed by atoms with Gasteiger partial charge in [0.1, 0.15) is 0 Å². The quantitative estimate of drug-likeness (QED) is 0.378. The highest BCUT2D eigenvalue weighted by molar-refractivity contribution is 6.08. The van der Waals surface area contributed by atoms with Gasteiger partial charge in [-0.15, -0.1) is 0 Å². The fraction of sp³-hybridized carbons (Fsp3) is 0.333. The molecule has 0 aliphatic carbocycles. The average molecular weight is 405 g/mol. The maximum Gasteiger partial charge on any atom is 0.0891 e. The van der Waals surface area contributed by atoms with E-state index < -0.39 is 6.10 Å². The summed E-state index contributed by atoms with van der Waals surface area (Å²) < 4.78 is 2.24. The lowest BCUT2D eigenvalue weighted by Crippen LogP contribution is -2.24. The summed E-state index contributed by atoms with van der Waals surface area (Å²) >= 11 is 0. The summed E-state index contributed by atoms with van der Waals surface area (Å²) in [5.41, 5.74) is 5.89. The maximum absolute atomic E-state index is 10.6. The van der Waals surface area contributed by atoms with Gasteiger partial charge in [-0.2, -0.15) is 0 Å². The first-order valence-corrected chi connectivity index (χ1v) is 11.1. The Morgan fingerprint density at radius 1 is 0.767 bits per heavy atom. The number of rotatable bonds is 5. The zero-order valence-electron chi connectivity index (χ0n) is 19.2. The van der Waals surface area contributed by atoms with Crippen molar-refractivity contribution in [2.45, 2.75) is 54.2 Å². The Morgan fingerprint density at radius 3 is 1.77 bits per heavy atom. The summed E-state index contributed by atoms with van der Waals surface area (Å²) in [6.07, 6.45) is -0.475. The molecule has 1 atom stereocenters. The lowest BCUT2D eigenvalue weighted by atomic mass is 10.1. The van der Waals surface area contributed by atoms with Crippen LogP contribution < -0.4 is 5.32 Å². The second-order valence-electron chi connectivity index (χ2n) is 7.05. The summed E-state index contributed by atoms with van der Waals surface area (Å²) in [5.74, 6) is 0. The van der Waals surface area contributed by atoms with Crippen LogP contribution in [0.2, 0.25) is 0 Å². The number of nitrogens with zero attached hydrogens (tertiary/aromatic N) is 1. The van der Waals surface area contributed by atoms with E-state index in [2.05, 4.69) is 60.1 Å². The Hall–Kier alpha value is -2.78. The second kappa shape index (κ2) is 11.4. The van der Waals surface area contributed by atoms with Crippen molar-refractivity contribution in [3.63, 3.8) is 0 Å². The van der Waals surface area contributed by atoms with Crippen LogP contribution >= 0.6 is 0 Å². The monoisotopic (exact) mass is 404 g/mol. The van der Waals surface area contributed by atoms with Gasteiger partial charge in [-0.05, 0) is 50.2 Å². The molecule has 3 nitrogen and oxygen atoms in total. The zero-order valence-corrected chi connectivity index (χ0v) is 19.2. The van der Waals surface area contributed by atoms with Crippen LogP contribution in [0.4, 0.5) is 5.69 Å². The minimum atomic E-state index is -0.475. The standard InChI is InChI=1S/C23H24N2O.2C2H6/c1-16-8-10-22-20(12-16)21-13-17(2)9-11-23(21)25(22)15-19(26)14-24-18-6-4-3-5-7-18;2*1-2/h3-13,19,24,26H,14-15H2,1-2H3;2*1-2H3. The van der Waals surface area contributed by atoms with E-state index in [1.54, 1.807) is 0 Å². The molecule has 0 aliphatic heterocycles. The number of para-hydroxylation sites is 1. The van der Waals surface area contributed by atoms with Crippen molar-refractivity contribution in [3.8, 4) is 0 Å². The van der Waals surface area contributed by atoms with E-state index in [0.29, 0.717) is 13.1 Å². The van der Waals surface area contributed by atoms with Crippen LogP contribution in [-0.2, 0) is 6.54 Å². The SMILES string of the molecule is CC.CC.Cc1ccc2c(c1)c1cc(C)ccc1n2CC(O)CNc1ccccc1. The third kappa shape index (κ3) is 5.43. The van der Waals surface area contributed by atoms with Gasteiger partial charge in [0.05, 0.1) is 12.6 Å². The number of aliphatic hydroxyl groups is 1. The molecule has 0 bridgehead atoms. The number of anilines is 1. The van der Waals surface area contributed by atoms with Crippen molar-refractivity contribution in [2.24, 2.45) is 0 Å². The van der Waals surface area contributed by atoms with Crippen molar-refractivity contribution >= 4 is 27.5 Å². The lowest BCUT2D eigenvalue weighted by molar-refractivity contribution is 0.169. The molecule has 0 radical (unpaired) electrons. The van der Waals surface area contributed by atoms with E-state index in [1.165, 1.54) is 32.9 Å². The highest BCUT2D eigenvalue weighted by Crippen LogP contribution is 2.30. The molecule has 2 N–H and O–H groups in total. The van der Waals surface area contributed by atoms with Gasteiger partial charge in [0.2, 0.25) is 0 Å². The van der Waals surface area contributed by atoms with Gasteiger partial charge in [0.25, 0.3) is 0 Å². The van der Waals surface area contributed by atoms with Crippen LogP contribution in [0.5, 0.6) is 0 Å². The molecule has 30 heavy (non-hydrogen) atoms. The van der Waals surface area contributed by atoms with Crippen LogP contribution in [0.25, 0.3) is 21.8 Å². The molecular formula is C27H36N2O. The van der Waals surface area contributed by atoms with Gasteiger partial charge in [-0.25, -0.2) is 0 Å². The van der Waals surface area contributed by atoms with Crippen molar-refractivity contribution < 1.29 is 5.11 Å². The largest absolute Gasteiger partial charge is 0.389 e. The molecule has 0 amide bonds.